The zero-order chi connectivity index (χ0) is 22.4. The molecule has 7 nitrogen and oxygen atoms in total. The van der Waals surface area contributed by atoms with Gasteiger partial charge in [0.1, 0.15) is 11.9 Å². The highest BCUT2D eigenvalue weighted by molar-refractivity contribution is 5.97. The van der Waals surface area contributed by atoms with Crippen molar-refractivity contribution in [2.24, 2.45) is 0 Å². The number of imidazole rings is 1. The fourth-order valence-corrected chi connectivity index (χ4v) is 2.95. The minimum atomic E-state index is -1.01. The number of amides is 1. The second kappa shape index (κ2) is 9.67. The lowest BCUT2D eigenvalue weighted by Gasteiger charge is -2.20. The predicted molar refractivity (Wildman–Crippen MR) is 111 cm³/mol. The Bertz CT molecular complexity index is 1100. The molecule has 31 heavy (non-hydrogen) atoms. The van der Waals surface area contributed by atoms with Crippen LogP contribution in [0.2, 0.25) is 0 Å². The molecule has 0 spiro atoms. The first-order chi connectivity index (χ1) is 14.9. The summed E-state index contributed by atoms with van der Waals surface area (Å²) in [4.78, 5) is 29.1. The number of aromatic nitrogens is 2. The summed E-state index contributed by atoms with van der Waals surface area (Å²) in [6.07, 6.45) is 4.34. The monoisotopic (exact) mass is 420 g/mol. The number of hydrogen-bond donors (Lipinski definition) is 1. The number of nitrogens with one attached hydrogen (secondary N) is 1. The van der Waals surface area contributed by atoms with Gasteiger partial charge in [0.25, 0.3) is 5.91 Å². The van der Waals surface area contributed by atoms with E-state index < -0.39 is 23.7 Å². The van der Waals surface area contributed by atoms with Crippen molar-refractivity contribution in [3.63, 3.8) is 0 Å². The van der Waals surface area contributed by atoms with Crippen molar-refractivity contribution in [1.82, 2.24) is 14.9 Å². The molecule has 0 aliphatic carbocycles. The summed E-state index contributed by atoms with van der Waals surface area (Å²) in [5.74, 6) is -2.07. The Hall–Kier alpha value is -3.99. The van der Waals surface area contributed by atoms with Gasteiger partial charge >= 0.3 is 5.97 Å². The van der Waals surface area contributed by atoms with Gasteiger partial charge in [-0.1, -0.05) is 18.2 Å². The maximum absolute atomic E-state index is 14.7. The van der Waals surface area contributed by atoms with Gasteiger partial charge in [0.2, 0.25) is 0 Å². The summed E-state index contributed by atoms with van der Waals surface area (Å²) in [7, 11) is 0. The smallest absolute Gasteiger partial charge is 0.330 e. The first-order valence-electron chi connectivity index (χ1n) is 9.64. The Labute approximate surface area is 179 Å². The number of benzene rings is 2. The van der Waals surface area contributed by atoms with Crippen LogP contribution in [-0.2, 0) is 16.1 Å². The number of carbonyl (C=O) groups excluding carboxylic acids is 2. The van der Waals surface area contributed by atoms with E-state index in [1.165, 1.54) is 18.5 Å². The third kappa shape index (κ3) is 5.54. The lowest BCUT2D eigenvalue weighted by Crippen LogP contribution is -2.45. The van der Waals surface area contributed by atoms with Crippen LogP contribution in [0, 0.1) is 17.1 Å². The van der Waals surface area contributed by atoms with Crippen LogP contribution in [0.3, 0.4) is 0 Å². The summed E-state index contributed by atoms with van der Waals surface area (Å²) in [6, 6.07) is 11.9. The fraction of sp³-hybridized carbons (Fsp3) is 0.217. The first kappa shape index (κ1) is 21.7. The maximum atomic E-state index is 14.7. The van der Waals surface area contributed by atoms with Gasteiger partial charge in [0, 0.05) is 12.4 Å². The van der Waals surface area contributed by atoms with Gasteiger partial charge < -0.3 is 14.6 Å². The van der Waals surface area contributed by atoms with Crippen LogP contribution in [-0.4, -0.2) is 33.6 Å². The van der Waals surface area contributed by atoms with E-state index >= 15 is 0 Å². The van der Waals surface area contributed by atoms with E-state index in [2.05, 4.69) is 10.3 Å². The molecule has 8 heteroatoms. The molecule has 3 aromatic rings. The van der Waals surface area contributed by atoms with E-state index in [0.717, 1.165) is 0 Å². The van der Waals surface area contributed by atoms with Gasteiger partial charge in [-0.15, -0.1) is 0 Å². The van der Waals surface area contributed by atoms with Crippen LogP contribution in [0.1, 0.15) is 29.8 Å². The third-order valence-corrected chi connectivity index (χ3v) is 4.46. The molecular formula is C23H21FN4O3. The van der Waals surface area contributed by atoms with E-state index in [4.69, 9.17) is 10.00 Å². The van der Waals surface area contributed by atoms with Crippen LogP contribution in [0.4, 0.5) is 4.39 Å². The Morgan fingerprint density at radius 1 is 1.19 bits per heavy atom. The van der Waals surface area contributed by atoms with Crippen molar-refractivity contribution in [3.05, 3.63) is 78.1 Å². The lowest BCUT2D eigenvalue weighted by atomic mass is 10.0. The quantitative estimate of drug-likeness (QED) is 0.592. The van der Waals surface area contributed by atoms with E-state index in [9.17, 15) is 14.0 Å². The summed E-state index contributed by atoms with van der Waals surface area (Å²) in [5.41, 5.74) is 1.58. The molecule has 0 aliphatic heterocycles. The molecule has 0 radical (unpaired) electrons. The van der Waals surface area contributed by atoms with Gasteiger partial charge in [-0.25, -0.2) is 14.2 Å². The van der Waals surface area contributed by atoms with Crippen LogP contribution >= 0.6 is 0 Å². The average molecular weight is 420 g/mol. The average Bonchev–Trinajstić information content (AvgIpc) is 3.26. The molecule has 1 N–H and O–H groups in total. The molecule has 0 fully saturated rings. The molecule has 0 aliphatic rings. The number of hydrogen-bond acceptors (Lipinski definition) is 5. The van der Waals surface area contributed by atoms with E-state index in [-0.39, 0.29) is 18.2 Å². The molecule has 1 atom stereocenters. The summed E-state index contributed by atoms with van der Waals surface area (Å²) in [6.45, 7) is 3.51. The standard InChI is InChI=1S/C23H21FN4O3/c1-15(2)31-23(30)21(13-28-10-9-26-14-28)27-22(29)19-8-7-18(11-20(19)24)17-5-3-16(12-25)4-6-17/h3-11,14-15,21H,13H2,1-2H3,(H,27,29)/t21-/m0/s1. The van der Waals surface area contributed by atoms with Gasteiger partial charge in [0.05, 0.1) is 36.2 Å². The number of halogens is 1. The minimum Gasteiger partial charge on any atom is -0.461 e. The van der Waals surface area contributed by atoms with Gasteiger partial charge in [-0.3, -0.25) is 4.79 Å². The van der Waals surface area contributed by atoms with Crippen LogP contribution in [0.5, 0.6) is 0 Å². The Balaban J connectivity index is 1.79. The number of nitriles is 1. The van der Waals surface area contributed by atoms with Gasteiger partial charge in [-0.2, -0.15) is 5.26 Å². The highest BCUT2D eigenvalue weighted by atomic mass is 19.1. The molecule has 1 aromatic heterocycles. The van der Waals surface area contributed by atoms with E-state index in [0.29, 0.717) is 16.7 Å². The first-order valence-corrected chi connectivity index (χ1v) is 9.64. The SMILES string of the molecule is CC(C)OC(=O)[C@H](Cn1ccnc1)NC(=O)c1ccc(-c2ccc(C#N)cc2)cc1F. The molecule has 1 heterocycles. The number of ether oxygens (including phenoxy) is 1. The van der Waals surface area contributed by atoms with E-state index in [1.807, 2.05) is 6.07 Å². The normalized spacial score (nSPS) is 11.6. The fourth-order valence-electron chi connectivity index (χ4n) is 2.95. The molecule has 158 valence electrons. The largest absolute Gasteiger partial charge is 0.461 e. The van der Waals surface area contributed by atoms with Crippen molar-refractivity contribution < 1.29 is 18.7 Å². The van der Waals surface area contributed by atoms with Crippen molar-refractivity contribution in [2.75, 3.05) is 0 Å². The van der Waals surface area contributed by atoms with Gasteiger partial charge in [-0.05, 0) is 49.2 Å². The number of rotatable bonds is 7. The van der Waals surface area contributed by atoms with E-state index in [1.54, 1.807) is 61.1 Å². The number of esters is 1. The maximum Gasteiger partial charge on any atom is 0.330 e. The second-order valence-electron chi connectivity index (χ2n) is 7.15. The van der Waals surface area contributed by atoms with Crippen LogP contribution in [0.15, 0.2) is 61.2 Å². The lowest BCUT2D eigenvalue weighted by molar-refractivity contribution is -0.150. The Morgan fingerprint density at radius 3 is 2.48 bits per heavy atom. The Kier molecular flexibility index (Phi) is 6.78. The second-order valence-corrected chi connectivity index (χ2v) is 7.15. The molecule has 0 saturated heterocycles. The number of nitrogens with zero attached hydrogens (tertiary/aromatic N) is 3. The zero-order valence-electron chi connectivity index (χ0n) is 17.1. The highest BCUT2D eigenvalue weighted by Gasteiger charge is 2.25. The molecule has 1 amide bonds. The summed E-state index contributed by atoms with van der Waals surface area (Å²) in [5, 5.41) is 11.4. The molecule has 2 aromatic carbocycles. The third-order valence-electron chi connectivity index (χ3n) is 4.46. The van der Waals surface area contributed by atoms with Crippen molar-refractivity contribution in [2.45, 2.75) is 32.5 Å². The van der Waals surface area contributed by atoms with Crippen molar-refractivity contribution >= 4 is 11.9 Å². The van der Waals surface area contributed by atoms with Crippen LogP contribution in [0.25, 0.3) is 11.1 Å². The number of carbonyl (C=O) groups is 2. The zero-order valence-corrected chi connectivity index (χ0v) is 17.1. The topological polar surface area (TPSA) is 97.0 Å². The predicted octanol–water partition coefficient (Wildman–Crippen LogP) is 3.31. The molecule has 3 rings (SSSR count). The molecule has 0 unspecified atom stereocenters. The van der Waals surface area contributed by atoms with Crippen molar-refractivity contribution in [3.8, 4) is 17.2 Å². The summed E-state index contributed by atoms with van der Waals surface area (Å²) >= 11 is 0. The molecule has 0 saturated carbocycles. The van der Waals surface area contributed by atoms with Crippen LogP contribution < -0.4 is 5.32 Å². The Morgan fingerprint density at radius 2 is 1.90 bits per heavy atom. The summed E-state index contributed by atoms with van der Waals surface area (Å²) < 4.78 is 21.6. The molecule has 0 bridgehead atoms. The molecular weight excluding hydrogens is 399 g/mol. The highest BCUT2D eigenvalue weighted by Crippen LogP contribution is 2.22. The minimum absolute atomic E-state index is 0.0994. The van der Waals surface area contributed by atoms with Crippen molar-refractivity contribution in [1.29, 1.82) is 5.26 Å². The van der Waals surface area contributed by atoms with Gasteiger partial charge in [0.15, 0.2) is 0 Å².